The Morgan fingerprint density at radius 2 is 1.81 bits per heavy atom. The molecule has 3 rings (SSSR count). The van der Waals surface area contributed by atoms with Crippen LogP contribution in [-0.2, 0) is 4.74 Å². The second-order valence-electron chi connectivity index (χ2n) is 6.86. The summed E-state index contributed by atoms with van der Waals surface area (Å²) in [5.41, 5.74) is 1.87. The summed E-state index contributed by atoms with van der Waals surface area (Å²) < 4.78 is 16.0. The lowest BCUT2D eigenvalue weighted by atomic mass is 10.1. The third-order valence-electron chi connectivity index (χ3n) is 4.50. The molecule has 8 nitrogen and oxygen atoms in total. The molecule has 0 saturated heterocycles. The van der Waals surface area contributed by atoms with E-state index in [2.05, 4.69) is 10.3 Å². The highest BCUT2D eigenvalue weighted by Crippen LogP contribution is 2.30. The van der Waals surface area contributed by atoms with Gasteiger partial charge in [0.25, 0.3) is 5.91 Å². The summed E-state index contributed by atoms with van der Waals surface area (Å²) in [6.07, 6.45) is 0. The minimum Gasteiger partial charge on any atom is -0.497 e. The molecule has 0 saturated carbocycles. The van der Waals surface area contributed by atoms with E-state index in [4.69, 9.17) is 19.3 Å². The monoisotopic (exact) mass is 424 g/mol. The van der Waals surface area contributed by atoms with E-state index in [1.54, 1.807) is 68.6 Å². The summed E-state index contributed by atoms with van der Waals surface area (Å²) in [5.74, 6) is 0.736. The van der Waals surface area contributed by atoms with Crippen LogP contribution in [0.25, 0.3) is 11.3 Å². The van der Waals surface area contributed by atoms with Gasteiger partial charge in [-0.2, -0.15) is 0 Å². The molecule has 1 atom stereocenters. The normalized spacial score (nSPS) is 11.5. The van der Waals surface area contributed by atoms with Crippen molar-refractivity contribution >= 4 is 11.9 Å². The fourth-order valence-electron chi connectivity index (χ4n) is 2.89. The lowest BCUT2D eigenvalue weighted by molar-refractivity contribution is 0.0600. The van der Waals surface area contributed by atoms with E-state index in [0.29, 0.717) is 39.8 Å². The number of amides is 1. The number of aromatic nitrogens is 1. The number of methoxy groups -OCH3 is 2. The van der Waals surface area contributed by atoms with E-state index in [1.165, 1.54) is 7.11 Å². The molecule has 1 amide bonds. The molecule has 1 heterocycles. The van der Waals surface area contributed by atoms with Gasteiger partial charge in [-0.15, -0.1) is 0 Å². The number of nitrogens with one attached hydrogen (secondary N) is 2. The first-order valence-electron chi connectivity index (χ1n) is 9.60. The largest absolute Gasteiger partial charge is 0.497 e. The molecule has 0 aliphatic heterocycles. The van der Waals surface area contributed by atoms with E-state index in [-0.39, 0.29) is 18.6 Å². The van der Waals surface area contributed by atoms with Crippen LogP contribution >= 0.6 is 0 Å². The standard InChI is InChI=1S/C23H24N2O6/c1-14(13-26)24-22(27)21-8-7-20(25-21)15-9-16(23(28)30-3)11-19(10-15)31-18-6-4-5-17(12-18)29-2/h4-12,14,25-26H,13H2,1-3H3,(H,24,27)/t14-/m1/s1. The highest BCUT2D eigenvalue weighted by Gasteiger charge is 2.15. The molecule has 3 aromatic rings. The van der Waals surface area contributed by atoms with E-state index >= 15 is 0 Å². The number of H-pyrrole nitrogens is 1. The Kier molecular flexibility index (Phi) is 6.94. The Morgan fingerprint density at radius 3 is 2.52 bits per heavy atom. The van der Waals surface area contributed by atoms with Gasteiger partial charge in [0.15, 0.2) is 0 Å². The first kappa shape index (κ1) is 21.9. The van der Waals surface area contributed by atoms with Crippen molar-refractivity contribution in [2.75, 3.05) is 20.8 Å². The molecule has 162 valence electrons. The molecule has 0 spiro atoms. The summed E-state index contributed by atoms with van der Waals surface area (Å²) in [5, 5.41) is 11.8. The third-order valence-corrected chi connectivity index (χ3v) is 4.50. The van der Waals surface area contributed by atoms with E-state index in [0.717, 1.165) is 0 Å². The summed E-state index contributed by atoms with van der Waals surface area (Å²) in [6, 6.07) is 15.0. The maximum atomic E-state index is 12.3. The number of hydrogen-bond acceptors (Lipinski definition) is 6. The van der Waals surface area contributed by atoms with E-state index in [9.17, 15) is 9.59 Å². The third kappa shape index (κ3) is 5.43. The minimum absolute atomic E-state index is 0.161. The van der Waals surface area contributed by atoms with Gasteiger partial charge in [-0.05, 0) is 49.4 Å². The number of ether oxygens (including phenoxy) is 3. The van der Waals surface area contributed by atoms with Gasteiger partial charge in [0.1, 0.15) is 22.9 Å². The van der Waals surface area contributed by atoms with Crippen molar-refractivity contribution in [3.63, 3.8) is 0 Å². The Hall–Kier alpha value is -3.78. The molecule has 0 aliphatic rings. The predicted octanol–water partition coefficient (Wildman–Crippen LogP) is 3.38. The van der Waals surface area contributed by atoms with Crippen molar-refractivity contribution in [3.8, 4) is 28.5 Å². The fraction of sp³-hybridized carbons (Fsp3) is 0.217. The molecule has 31 heavy (non-hydrogen) atoms. The van der Waals surface area contributed by atoms with Crippen LogP contribution in [0.4, 0.5) is 0 Å². The summed E-state index contributed by atoms with van der Waals surface area (Å²) in [4.78, 5) is 27.5. The highest BCUT2D eigenvalue weighted by atomic mass is 16.5. The average molecular weight is 424 g/mol. The van der Waals surface area contributed by atoms with Crippen molar-refractivity contribution in [2.45, 2.75) is 13.0 Å². The molecule has 0 unspecified atom stereocenters. The lowest BCUT2D eigenvalue weighted by Crippen LogP contribution is -2.35. The minimum atomic E-state index is -0.515. The number of carbonyl (C=O) groups is 2. The second kappa shape index (κ2) is 9.82. The number of esters is 1. The molecule has 0 radical (unpaired) electrons. The quantitative estimate of drug-likeness (QED) is 0.478. The highest BCUT2D eigenvalue weighted by molar-refractivity contribution is 5.94. The van der Waals surface area contributed by atoms with E-state index in [1.807, 2.05) is 0 Å². The number of hydrogen-bond donors (Lipinski definition) is 3. The predicted molar refractivity (Wildman–Crippen MR) is 115 cm³/mol. The maximum Gasteiger partial charge on any atom is 0.338 e. The van der Waals surface area contributed by atoms with Gasteiger partial charge in [-0.25, -0.2) is 4.79 Å². The van der Waals surface area contributed by atoms with Gasteiger partial charge in [0.05, 0.1) is 26.4 Å². The van der Waals surface area contributed by atoms with Crippen molar-refractivity contribution in [2.24, 2.45) is 0 Å². The molecule has 0 bridgehead atoms. The summed E-state index contributed by atoms with van der Waals surface area (Å²) in [6.45, 7) is 1.54. The van der Waals surface area contributed by atoms with Gasteiger partial charge >= 0.3 is 5.97 Å². The van der Waals surface area contributed by atoms with Crippen molar-refractivity contribution < 1.29 is 28.9 Å². The Morgan fingerprint density at radius 1 is 1.03 bits per heavy atom. The van der Waals surface area contributed by atoms with Gasteiger partial charge in [0.2, 0.25) is 0 Å². The van der Waals surface area contributed by atoms with E-state index < -0.39 is 5.97 Å². The average Bonchev–Trinajstić information content (AvgIpc) is 3.29. The summed E-state index contributed by atoms with van der Waals surface area (Å²) in [7, 11) is 2.87. The molecule has 2 aromatic carbocycles. The van der Waals surface area contributed by atoms with Gasteiger partial charge in [0, 0.05) is 23.4 Å². The van der Waals surface area contributed by atoms with Crippen LogP contribution in [-0.4, -0.2) is 48.8 Å². The zero-order valence-corrected chi connectivity index (χ0v) is 17.5. The second-order valence-corrected chi connectivity index (χ2v) is 6.86. The smallest absolute Gasteiger partial charge is 0.338 e. The first-order chi connectivity index (χ1) is 14.9. The maximum absolute atomic E-state index is 12.3. The van der Waals surface area contributed by atoms with Gasteiger partial charge in [-0.1, -0.05) is 6.07 Å². The fourth-order valence-corrected chi connectivity index (χ4v) is 2.89. The molecular weight excluding hydrogens is 400 g/mol. The Labute approximate surface area is 179 Å². The molecule has 8 heteroatoms. The number of carbonyl (C=O) groups excluding carboxylic acids is 2. The number of aliphatic hydroxyl groups is 1. The molecular formula is C23H24N2O6. The number of aromatic amines is 1. The lowest BCUT2D eigenvalue weighted by Gasteiger charge is -2.11. The SMILES string of the molecule is COC(=O)c1cc(Oc2cccc(OC)c2)cc(-c2ccc(C(=O)N[C@H](C)CO)[nH]2)c1. The van der Waals surface area contributed by atoms with Crippen LogP contribution in [0.3, 0.4) is 0 Å². The summed E-state index contributed by atoms with van der Waals surface area (Å²) >= 11 is 0. The topological polar surface area (TPSA) is 110 Å². The van der Waals surface area contributed by atoms with Gasteiger partial charge in [-0.3, -0.25) is 4.79 Å². The molecule has 3 N–H and O–H groups in total. The zero-order valence-electron chi connectivity index (χ0n) is 17.5. The Balaban J connectivity index is 1.93. The number of benzene rings is 2. The van der Waals surface area contributed by atoms with Crippen LogP contribution in [0, 0.1) is 0 Å². The van der Waals surface area contributed by atoms with Crippen molar-refractivity contribution in [1.82, 2.24) is 10.3 Å². The van der Waals surface area contributed by atoms with Crippen LogP contribution in [0.1, 0.15) is 27.8 Å². The Bertz CT molecular complexity index is 1080. The van der Waals surface area contributed by atoms with Crippen LogP contribution in [0.2, 0.25) is 0 Å². The van der Waals surface area contributed by atoms with Crippen LogP contribution in [0.15, 0.2) is 54.6 Å². The van der Waals surface area contributed by atoms with Crippen molar-refractivity contribution in [1.29, 1.82) is 0 Å². The number of aliphatic hydroxyl groups excluding tert-OH is 1. The number of rotatable bonds is 8. The molecule has 0 aliphatic carbocycles. The van der Waals surface area contributed by atoms with Gasteiger partial charge < -0.3 is 29.6 Å². The van der Waals surface area contributed by atoms with Crippen LogP contribution < -0.4 is 14.8 Å². The van der Waals surface area contributed by atoms with Crippen LogP contribution in [0.5, 0.6) is 17.2 Å². The van der Waals surface area contributed by atoms with Crippen molar-refractivity contribution in [3.05, 3.63) is 65.9 Å². The zero-order chi connectivity index (χ0) is 22.4. The first-order valence-corrected chi connectivity index (χ1v) is 9.60. The molecule has 1 aromatic heterocycles. The molecule has 0 fully saturated rings.